The van der Waals surface area contributed by atoms with E-state index in [-0.39, 0.29) is 23.9 Å². The van der Waals surface area contributed by atoms with Gasteiger partial charge in [0.2, 0.25) is 15.9 Å². The monoisotopic (exact) mass is 408 g/mol. The largest absolute Gasteiger partial charge is 0.383 e. The van der Waals surface area contributed by atoms with E-state index < -0.39 is 10.0 Å². The van der Waals surface area contributed by atoms with Gasteiger partial charge in [0.25, 0.3) is 0 Å². The SMILES string of the molecule is COCCNS(=O)(=O)c1ccc(CNC(=O)/C=C/c2cccc(Cl)c2)cc1. The maximum Gasteiger partial charge on any atom is 0.244 e. The van der Waals surface area contributed by atoms with E-state index in [2.05, 4.69) is 10.0 Å². The molecule has 0 aliphatic carbocycles. The molecule has 0 atom stereocenters. The Hall–Kier alpha value is -2.19. The number of hydrogen-bond acceptors (Lipinski definition) is 4. The fourth-order valence-electron chi connectivity index (χ4n) is 2.18. The molecule has 8 heteroatoms. The van der Waals surface area contributed by atoms with E-state index in [0.717, 1.165) is 11.1 Å². The van der Waals surface area contributed by atoms with Gasteiger partial charge in [-0.2, -0.15) is 0 Å². The third-order valence-corrected chi connectivity index (χ3v) is 5.29. The van der Waals surface area contributed by atoms with Gasteiger partial charge in [-0.1, -0.05) is 35.9 Å². The lowest BCUT2D eigenvalue weighted by molar-refractivity contribution is -0.116. The van der Waals surface area contributed by atoms with Gasteiger partial charge in [-0.15, -0.1) is 0 Å². The van der Waals surface area contributed by atoms with Crippen LogP contribution in [0.15, 0.2) is 59.5 Å². The zero-order valence-electron chi connectivity index (χ0n) is 14.8. The molecule has 2 aromatic rings. The Bertz CT molecular complexity index is 896. The number of rotatable bonds is 9. The lowest BCUT2D eigenvalue weighted by Gasteiger charge is -2.07. The number of nitrogens with one attached hydrogen (secondary N) is 2. The Morgan fingerprint density at radius 2 is 1.93 bits per heavy atom. The van der Waals surface area contributed by atoms with Crippen molar-refractivity contribution in [3.8, 4) is 0 Å². The molecule has 0 aliphatic heterocycles. The summed E-state index contributed by atoms with van der Waals surface area (Å²) in [6.45, 7) is 0.789. The van der Waals surface area contributed by atoms with Crippen LogP contribution in [0.1, 0.15) is 11.1 Å². The van der Waals surface area contributed by atoms with E-state index in [0.29, 0.717) is 11.6 Å². The zero-order chi connectivity index (χ0) is 19.7. The summed E-state index contributed by atoms with van der Waals surface area (Å²) in [4.78, 5) is 12.1. The van der Waals surface area contributed by atoms with Crippen LogP contribution < -0.4 is 10.0 Å². The highest BCUT2D eigenvalue weighted by Gasteiger charge is 2.12. The van der Waals surface area contributed by atoms with Gasteiger partial charge >= 0.3 is 0 Å². The highest BCUT2D eigenvalue weighted by molar-refractivity contribution is 7.89. The second-order valence-electron chi connectivity index (χ2n) is 5.64. The van der Waals surface area contributed by atoms with E-state index >= 15 is 0 Å². The fourth-order valence-corrected chi connectivity index (χ4v) is 3.39. The van der Waals surface area contributed by atoms with Crippen molar-refractivity contribution >= 4 is 33.6 Å². The molecule has 0 aliphatic rings. The van der Waals surface area contributed by atoms with Gasteiger partial charge in [0.15, 0.2) is 0 Å². The Morgan fingerprint density at radius 3 is 2.59 bits per heavy atom. The lowest BCUT2D eigenvalue weighted by Crippen LogP contribution is -2.27. The second-order valence-corrected chi connectivity index (χ2v) is 7.84. The number of carbonyl (C=O) groups is 1. The van der Waals surface area contributed by atoms with E-state index in [9.17, 15) is 13.2 Å². The number of amides is 1. The van der Waals surface area contributed by atoms with Gasteiger partial charge in [-0.3, -0.25) is 4.79 Å². The number of halogens is 1. The topological polar surface area (TPSA) is 84.5 Å². The summed E-state index contributed by atoms with van der Waals surface area (Å²) in [5, 5.41) is 3.34. The molecule has 2 aromatic carbocycles. The standard InChI is InChI=1S/C19H21ClN2O4S/c1-26-12-11-22-27(24,25)18-8-5-16(6-9-18)14-21-19(23)10-7-15-3-2-4-17(20)13-15/h2-10,13,22H,11-12,14H2,1H3,(H,21,23)/b10-7+. The summed E-state index contributed by atoms with van der Waals surface area (Å²) in [7, 11) is -2.06. The highest BCUT2D eigenvalue weighted by atomic mass is 35.5. The molecule has 2 rings (SSSR count). The van der Waals surface area contributed by atoms with Crippen molar-refractivity contribution in [3.63, 3.8) is 0 Å². The van der Waals surface area contributed by atoms with E-state index in [1.807, 2.05) is 6.07 Å². The smallest absolute Gasteiger partial charge is 0.244 e. The third-order valence-electron chi connectivity index (χ3n) is 3.57. The van der Waals surface area contributed by atoms with Crippen LogP contribution in [0.4, 0.5) is 0 Å². The minimum Gasteiger partial charge on any atom is -0.383 e. The van der Waals surface area contributed by atoms with E-state index in [4.69, 9.17) is 16.3 Å². The Morgan fingerprint density at radius 1 is 1.19 bits per heavy atom. The summed E-state index contributed by atoms with van der Waals surface area (Å²) in [5.74, 6) is -0.257. The van der Waals surface area contributed by atoms with E-state index in [1.54, 1.807) is 36.4 Å². The van der Waals surface area contributed by atoms with Crippen LogP contribution in [0.3, 0.4) is 0 Å². The first-order valence-electron chi connectivity index (χ1n) is 8.20. The molecule has 0 spiro atoms. The van der Waals surface area contributed by atoms with Crippen LogP contribution in [0.25, 0.3) is 6.08 Å². The minimum absolute atomic E-state index is 0.162. The number of benzene rings is 2. The van der Waals surface area contributed by atoms with Gasteiger partial charge < -0.3 is 10.1 Å². The first kappa shape index (κ1) is 21.1. The van der Waals surface area contributed by atoms with Gasteiger partial charge in [0, 0.05) is 31.3 Å². The summed E-state index contributed by atoms with van der Waals surface area (Å²) in [6.07, 6.45) is 3.09. The van der Waals surface area contributed by atoms with Crippen molar-refractivity contribution in [1.29, 1.82) is 0 Å². The van der Waals surface area contributed by atoms with Crippen LogP contribution in [0.2, 0.25) is 5.02 Å². The molecule has 144 valence electrons. The van der Waals surface area contributed by atoms with Crippen LogP contribution in [-0.4, -0.2) is 34.6 Å². The molecule has 1 amide bonds. The van der Waals surface area contributed by atoms with Gasteiger partial charge in [-0.05, 0) is 41.5 Å². The maximum atomic E-state index is 12.1. The number of hydrogen-bond donors (Lipinski definition) is 2. The first-order valence-corrected chi connectivity index (χ1v) is 10.1. The van der Waals surface area contributed by atoms with Crippen LogP contribution in [-0.2, 0) is 26.1 Å². The van der Waals surface area contributed by atoms with Crippen molar-refractivity contribution < 1.29 is 17.9 Å². The predicted molar refractivity (Wildman–Crippen MR) is 106 cm³/mol. The molecule has 0 aromatic heterocycles. The van der Waals surface area contributed by atoms with Gasteiger partial charge in [-0.25, -0.2) is 13.1 Å². The lowest BCUT2D eigenvalue weighted by atomic mass is 10.2. The molecule has 6 nitrogen and oxygen atoms in total. The average Bonchev–Trinajstić information content (AvgIpc) is 2.65. The van der Waals surface area contributed by atoms with Crippen LogP contribution >= 0.6 is 11.6 Å². The van der Waals surface area contributed by atoms with Gasteiger partial charge in [0.05, 0.1) is 11.5 Å². The summed E-state index contributed by atoms with van der Waals surface area (Å²) in [5.41, 5.74) is 1.61. The number of ether oxygens (including phenoxy) is 1. The zero-order valence-corrected chi connectivity index (χ0v) is 16.4. The predicted octanol–water partition coefficient (Wildman–Crippen LogP) is 2.59. The second kappa shape index (κ2) is 10.2. The van der Waals surface area contributed by atoms with Crippen molar-refractivity contribution in [2.24, 2.45) is 0 Å². The number of carbonyl (C=O) groups excluding carboxylic acids is 1. The maximum absolute atomic E-state index is 12.1. The summed E-state index contributed by atoms with van der Waals surface area (Å²) >= 11 is 5.89. The fraction of sp³-hybridized carbons (Fsp3) is 0.211. The Kier molecular flexibility index (Phi) is 7.99. The summed E-state index contributed by atoms with van der Waals surface area (Å²) < 4.78 is 31.4. The van der Waals surface area contributed by atoms with Crippen LogP contribution in [0.5, 0.6) is 0 Å². The first-order chi connectivity index (χ1) is 12.9. The van der Waals surface area contributed by atoms with Crippen molar-refractivity contribution in [2.75, 3.05) is 20.3 Å². The molecule has 0 saturated carbocycles. The average molecular weight is 409 g/mol. The van der Waals surface area contributed by atoms with Crippen LogP contribution in [0, 0.1) is 0 Å². The number of sulfonamides is 1. The molecule has 0 unspecified atom stereocenters. The Balaban J connectivity index is 1.88. The molecule has 27 heavy (non-hydrogen) atoms. The highest BCUT2D eigenvalue weighted by Crippen LogP contribution is 2.12. The molecule has 0 radical (unpaired) electrons. The molecule has 2 N–H and O–H groups in total. The molecule has 0 bridgehead atoms. The molecular formula is C19H21ClN2O4S. The third kappa shape index (κ3) is 7.15. The molecular weight excluding hydrogens is 388 g/mol. The Labute approximate surface area is 164 Å². The van der Waals surface area contributed by atoms with E-state index in [1.165, 1.54) is 25.3 Å². The normalized spacial score (nSPS) is 11.6. The van der Waals surface area contributed by atoms with Crippen molar-refractivity contribution in [1.82, 2.24) is 10.0 Å². The van der Waals surface area contributed by atoms with Gasteiger partial charge in [0.1, 0.15) is 0 Å². The molecule has 0 fully saturated rings. The van der Waals surface area contributed by atoms with Crippen molar-refractivity contribution in [3.05, 3.63) is 70.8 Å². The quantitative estimate of drug-likeness (QED) is 0.493. The summed E-state index contributed by atoms with van der Waals surface area (Å²) in [6, 6.07) is 13.5. The number of methoxy groups -OCH3 is 1. The molecule has 0 saturated heterocycles. The molecule has 0 heterocycles. The van der Waals surface area contributed by atoms with Crippen molar-refractivity contribution in [2.45, 2.75) is 11.4 Å². The minimum atomic E-state index is -3.56.